The van der Waals surface area contributed by atoms with Crippen molar-refractivity contribution < 1.29 is 0 Å². The normalized spacial score (nSPS) is 16.4. The van der Waals surface area contributed by atoms with Crippen LogP contribution in [0.5, 0.6) is 0 Å². The Bertz CT molecular complexity index is 227. The highest BCUT2D eigenvalue weighted by atomic mass is 32.1. The van der Waals surface area contributed by atoms with Gasteiger partial charge in [-0.3, -0.25) is 9.80 Å². The molecule has 5 heteroatoms. The van der Waals surface area contributed by atoms with Crippen LogP contribution in [0.2, 0.25) is 0 Å². The molecule has 0 aromatic heterocycles. The number of thiocarbonyl (C=S) groups is 1. The second kappa shape index (κ2) is 7.92. The van der Waals surface area contributed by atoms with Crippen molar-refractivity contribution in [2.24, 2.45) is 0 Å². The molecule has 0 aromatic carbocycles. The molecule has 0 radical (unpaired) electrons. The number of nitrogens with zero attached hydrogens (tertiary/aromatic N) is 4. The maximum atomic E-state index is 5.59. The molecule has 18 heavy (non-hydrogen) atoms. The van der Waals surface area contributed by atoms with Crippen molar-refractivity contribution in [3.05, 3.63) is 0 Å². The standard InChI is InChI=1S/C13H28N4S/c1-5-14(6-2)11-16-9-10-17(13(16)18)12-15(7-3)8-4/h5-12H2,1-4H3. The largest absolute Gasteiger partial charge is 0.334 e. The van der Waals surface area contributed by atoms with Gasteiger partial charge in [-0.15, -0.1) is 0 Å². The second-order valence-electron chi connectivity index (χ2n) is 4.70. The zero-order chi connectivity index (χ0) is 13.5. The molecule has 0 aromatic rings. The Balaban J connectivity index is 2.46. The Labute approximate surface area is 118 Å². The third-order valence-electron chi connectivity index (χ3n) is 3.71. The maximum Gasteiger partial charge on any atom is 0.173 e. The summed E-state index contributed by atoms with van der Waals surface area (Å²) in [5, 5.41) is 1.02. The highest BCUT2D eigenvalue weighted by Crippen LogP contribution is 2.10. The fourth-order valence-corrected chi connectivity index (χ4v) is 2.52. The molecule has 4 nitrogen and oxygen atoms in total. The molecule has 0 saturated carbocycles. The van der Waals surface area contributed by atoms with Crippen LogP contribution >= 0.6 is 12.2 Å². The first-order valence-corrected chi connectivity index (χ1v) is 7.55. The van der Waals surface area contributed by atoms with Gasteiger partial charge in [-0.25, -0.2) is 0 Å². The average Bonchev–Trinajstić information content (AvgIpc) is 2.74. The van der Waals surface area contributed by atoms with Crippen molar-refractivity contribution in [2.45, 2.75) is 27.7 Å². The van der Waals surface area contributed by atoms with E-state index in [0.717, 1.165) is 57.7 Å². The quantitative estimate of drug-likeness (QED) is 0.619. The molecule has 1 aliphatic rings. The van der Waals surface area contributed by atoms with Crippen LogP contribution in [0.25, 0.3) is 0 Å². The van der Waals surface area contributed by atoms with Crippen molar-refractivity contribution in [1.29, 1.82) is 0 Å². The van der Waals surface area contributed by atoms with Gasteiger partial charge in [-0.05, 0) is 38.4 Å². The topological polar surface area (TPSA) is 13.0 Å². The van der Waals surface area contributed by atoms with Crippen molar-refractivity contribution >= 4 is 17.3 Å². The summed E-state index contributed by atoms with van der Waals surface area (Å²) in [6.07, 6.45) is 0. The molecule has 106 valence electrons. The van der Waals surface area contributed by atoms with Crippen molar-refractivity contribution in [3.8, 4) is 0 Å². The molecule has 1 fully saturated rings. The van der Waals surface area contributed by atoms with Crippen LogP contribution in [0.15, 0.2) is 0 Å². The van der Waals surface area contributed by atoms with Crippen LogP contribution in [0.1, 0.15) is 27.7 Å². The van der Waals surface area contributed by atoms with Crippen molar-refractivity contribution in [2.75, 3.05) is 52.6 Å². The van der Waals surface area contributed by atoms with E-state index in [-0.39, 0.29) is 0 Å². The third-order valence-corrected chi connectivity index (χ3v) is 4.23. The van der Waals surface area contributed by atoms with E-state index in [4.69, 9.17) is 12.2 Å². The minimum Gasteiger partial charge on any atom is -0.334 e. The summed E-state index contributed by atoms with van der Waals surface area (Å²) >= 11 is 5.59. The highest BCUT2D eigenvalue weighted by Gasteiger charge is 2.26. The molecule has 0 spiro atoms. The lowest BCUT2D eigenvalue weighted by Gasteiger charge is -2.30. The Kier molecular flexibility index (Phi) is 6.89. The fraction of sp³-hybridized carbons (Fsp3) is 0.923. The predicted molar refractivity (Wildman–Crippen MR) is 81.6 cm³/mol. The first-order valence-electron chi connectivity index (χ1n) is 7.14. The zero-order valence-corrected chi connectivity index (χ0v) is 13.2. The first kappa shape index (κ1) is 15.7. The summed E-state index contributed by atoms with van der Waals surface area (Å²) in [6.45, 7) is 17.3. The smallest absolute Gasteiger partial charge is 0.173 e. The average molecular weight is 272 g/mol. The fourth-order valence-electron chi connectivity index (χ4n) is 2.23. The summed E-state index contributed by atoms with van der Waals surface area (Å²) in [6, 6.07) is 0. The molecule has 1 aliphatic heterocycles. The number of hydrogen-bond donors (Lipinski definition) is 0. The van der Waals surface area contributed by atoms with Crippen LogP contribution in [-0.4, -0.2) is 77.3 Å². The second-order valence-corrected chi connectivity index (χ2v) is 5.06. The zero-order valence-electron chi connectivity index (χ0n) is 12.4. The minimum atomic E-state index is 0.973. The van der Waals surface area contributed by atoms with Crippen LogP contribution in [0.3, 0.4) is 0 Å². The minimum absolute atomic E-state index is 0.973. The van der Waals surface area contributed by atoms with Crippen molar-refractivity contribution in [1.82, 2.24) is 19.6 Å². The summed E-state index contributed by atoms with van der Waals surface area (Å²) in [7, 11) is 0. The van der Waals surface area contributed by atoms with E-state index in [1.807, 2.05) is 0 Å². The monoisotopic (exact) mass is 272 g/mol. The van der Waals surface area contributed by atoms with Crippen molar-refractivity contribution in [3.63, 3.8) is 0 Å². The van der Waals surface area contributed by atoms with Gasteiger partial charge < -0.3 is 9.80 Å². The Hall–Kier alpha value is -0.390. The lowest BCUT2D eigenvalue weighted by molar-refractivity contribution is 0.209. The molecule has 0 N–H and O–H groups in total. The lowest BCUT2D eigenvalue weighted by atomic mass is 10.5. The van der Waals surface area contributed by atoms with E-state index in [1.54, 1.807) is 0 Å². The Morgan fingerprint density at radius 3 is 1.44 bits per heavy atom. The van der Waals surface area contributed by atoms with Gasteiger partial charge in [-0.1, -0.05) is 27.7 Å². The maximum absolute atomic E-state index is 5.59. The molecule has 0 aliphatic carbocycles. The lowest BCUT2D eigenvalue weighted by Crippen LogP contribution is -2.43. The predicted octanol–water partition coefficient (Wildman–Crippen LogP) is 1.49. The third kappa shape index (κ3) is 4.07. The SMILES string of the molecule is CCN(CC)CN1CCN(CN(CC)CC)C1=S. The van der Waals surface area contributed by atoms with Gasteiger partial charge in [0.05, 0.1) is 13.3 Å². The van der Waals surface area contributed by atoms with Crippen LogP contribution in [0, 0.1) is 0 Å². The summed E-state index contributed by atoms with van der Waals surface area (Å²) in [5.41, 5.74) is 0. The van der Waals surface area contributed by atoms with E-state index in [0.29, 0.717) is 0 Å². The van der Waals surface area contributed by atoms with E-state index < -0.39 is 0 Å². The van der Waals surface area contributed by atoms with Gasteiger partial charge in [0, 0.05) is 13.1 Å². The molecular formula is C13H28N4S. The summed E-state index contributed by atoms with van der Waals surface area (Å²) in [4.78, 5) is 9.47. The molecule has 1 rings (SSSR count). The van der Waals surface area contributed by atoms with Crippen LogP contribution in [0.4, 0.5) is 0 Å². The first-order chi connectivity index (χ1) is 8.65. The highest BCUT2D eigenvalue weighted by molar-refractivity contribution is 7.80. The summed E-state index contributed by atoms with van der Waals surface area (Å²) in [5.74, 6) is 0. The Morgan fingerprint density at radius 1 is 0.833 bits per heavy atom. The van der Waals surface area contributed by atoms with Gasteiger partial charge in [0.1, 0.15) is 0 Å². The molecular weight excluding hydrogens is 244 g/mol. The van der Waals surface area contributed by atoms with Crippen LogP contribution in [-0.2, 0) is 0 Å². The van der Waals surface area contributed by atoms with Gasteiger partial charge in [0.2, 0.25) is 0 Å². The van der Waals surface area contributed by atoms with E-state index >= 15 is 0 Å². The molecule has 0 amide bonds. The van der Waals surface area contributed by atoms with Crippen LogP contribution < -0.4 is 0 Å². The molecule has 1 saturated heterocycles. The van der Waals surface area contributed by atoms with Gasteiger partial charge in [0.25, 0.3) is 0 Å². The molecule has 0 bridgehead atoms. The molecule has 0 unspecified atom stereocenters. The summed E-state index contributed by atoms with van der Waals surface area (Å²) < 4.78 is 0. The van der Waals surface area contributed by atoms with E-state index in [9.17, 15) is 0 Å². The van der Waals surface area contributed by atoms with E-state index in [1.165, 1.54) is 0 Å². The molecule has 1 heterocycles. The van der Waals surface area contributed by atoms with Gasteiger partial charge in [-0.2, -0.15) is 0 Å². The molecule has 0 atom stereocenters. The van der Waals surface area contributed by atoms with Gasteiger partial charge >= 0.3 is 0 Å². The number of rotatable bonds is 8. The Morgan fingerprint density at radius 2 is 1.17 bits per heavy atom. The van der Waals surface area contributed by atoms with Gasteiger partial charge in [0.15, 0.2) is 5.11 Å². The number of hydrogen-bond acceptors (Lipinski definition) is 3. The van der Waals surface area contributed by atoms with E-state index in [2.05, 4.69) is 47.3 Å².